The molecular weight excluding hydrogens is 383 g/mol. The minimum absolute atomic E-state index is 0.00628. The number of hydrogen-bond donors (Lipinski definition) is 1. The molecule has 0 fully saturated rings. The average molecular weight is 390 g/mol. The third kappa shape index (κ3) is 3.53. The molecule has 0 radical (unpaired) electrons. The number of nitro benzene ring substituents is 1. The molecular formula is C13H7BrCl2N2O3. The van der Waals surface area contributed by atoms with E-state index < -0.39 is 10.8 Å². The number of benzene rings is 2. The van der Waals surface area contributed by atoms with Gasteiger partial charge in [0.25, 0.3) is 11.6 Å². The van der Waals surface area contributed by atoms with Crippen molar-refractivity contribution in [3.63, 3.8) is 0 Å². The first kappa shape index (κ1) is 15.8. The highest BCUT2D eigenvalue weighted by Crippen LogP contribution is 2.30. The van der Waals surface area contributed by atoms with Crippen LogP contribution in [0.4, 0.5) is 11.4 Å². The third-order valence-corrected chi connectivity index (χ3v) is 3.80. The second-order valence-corrected chi connectivity index (χ2v) is 5.67. The van der Waals surface area contributed by atoms with Crippen molar-refractivity contribution in [1.29, 1.82) is 0 Å². The van der Waals surface area contributed by atoms with Crippen molar-refractivity contribution < 1.29 is 9.72 Å². The first-order valence-electron chi connectivity index (χ1n) is 5.59. The Hall–Kier alpha value is -1.63. The van der Waals surface area contributed by atoms with Crippen molar-refractivity contribution in [2.75, 3.05) is 5.32 Å². The summed E-state index contributed by atoms with van der Waals surface area (Å²) in [6.45, 7) is 0. The van der Waals surface area contributed by atoms with E-state index in [-0.39, 0.29) is 16.3 Å². The van der Waals surface area contributed by atoms with Crippen LogP contribution in [0.1, 0.15) is 10.4 Å². The number of anilines is 1. The molecule has 1 amide bonds. The lowest BCUT2D eigenvalue weighted by molar-refractivity contribution is -0.385. The average Bonchev–Trinajstić information content (AvgIpc) is 2.41. The van der Waals surface area contributed by atoms with Crippen molar-refractivity contribution >= 4 is 56.4 Å². The summed E-state index contributed by atoms with van der Waals surface area (Å²) in [4.78, 5) is 22.6. The number of carbonyl (C=O) groups excluding carboxylic acids is 1. The number of nitrogens with zero attached hydrogens (tertiary/aromatic N) is 1. The molecule has 0 aromatic heterocycles. The van der Waals surface area contributed by atoms with Gasteiger partial charge in [0.2, 0.25) is 0 Å². The van der Waals surface area contributed by atoms with Gasteiger partial charge in [0, 0.05) is 15.6 Å². The molecule has 0 saturated carbocycles. The predicted molar refractivity (Wildman–Crippen MR) is 85.2 cm³/mol. The highest BCUT2D eigenvalue weighted by atomic mass is 79.9. The summed E-state index contributed by atoms with van der Waals surface area (Å²) in [7, 11) is 0. The Morgan fingerprint density at radius 2 is 1.95 bits per heavy atom. The zero-order valence-corrected chi connectivity index (χ0v) is 13.4. The number of hydrogen-bond acceptors (Lipinski definition) is 3. The molecule has 2 rings (SSSR count). The molecule has 0 saturated heterocycles. The Labute approximate surface area is 138 Å². The quantitative estimate of drug-likeness (QED) is 0.598. The SMILES string of the molecule is O=C(Nc1ccc(Cl)cc1Br)c1c(Cl)cccc1[N+](=O)[O-]. The lowest BCUT2D eigenvalue weighted by atomic mass is 10.1. The van der Waals surface area contributed by atoms with Gasteiger partial charge in [-0.25, -0.2) is 0 Å². The largest absolute Gasteiger partial charge is 0.321 e. The lowest BCUT2D eigenvalue weighted by Gasteiger charge is -2.09. The van der Waals surface area contributed by atoms with Gasteiger partial charge in [-0.15, -0.1) is 0 Å². The fourth-order valence-electron chi connectivity index (χ4n) is 1.67. The number of amides is 1. The van der Waals surface area contributed by atoms with Crippen molar-refractivity contribution in [2.24, 2.45) is 0 Å². The monoisotopic (exact) mass is 388 g/mol. The Morgan fingerprint density at radius 1 is 1.24 bits per heavy atom. The summed E-state index contributed by atoms with van der Waals surface area (Å²) in [6, 6.07) is 8.81. The summed E-state index contributed by atoms with van der Waals surface area (Å²) in [5, 5.41) is 14.0. The van der Waals surface area contributed by atoms with E-state index >= 15 is 0 Å². The van der Waals surface area contributed by atoms with E-state index in [1.165, 1.54) is 18.2 Å². The van der Waals surface area contributed by atoms with E-state index in [4.69, 9.17) is 23.2 Å². The normalized spacial score (nSPS) is 10.2. The summed E-state index contributed by atoms with van der Waals surface area (Å²) < 4.78 is 0.554. The van der Waals surface area contributed by atoms with E-state index in [1.807, 2.05) is 0 Å². The number of rotatable bonds is 3. The van der Waals surface area contributed by atoms with Crippen LogP contribution in [-0.2, 0) is 0 Å². The molecule has 0 aliphatic heterocycles. The maximum atomic E-state index is 12.2. The van der Waals surface area contributed by atoms with E-state index in [1.54, 1.807) is 18.2 Å². The molecule has 0 aliphatic rings. The molecule has 8 heteroatoms. The zero-order chi connectivity index (χ0) is 15.6. The molecule has 21 heavy (non-hydrogen) atoms. The minimum atomic E-state index is -0.671. The van der Waals surface area contributed by atoms with Gasteiger partial charge in [-0.2, -0.15) is 0 Å². The van der Waals surface area contributed by atoms with Gasteiger partial charge in [0.1, 0.15) is 5.56 Å². The number of carbonyl (C=O) groups is 1. The van der Waals surface area contributed by atoms with Gasteiger partial charge >= 0.3 is 0 Å². The molecule has 0 atom stereocenters. The van der Waals surface area contributed by atoms with Gasteiger partial charge < -0.3 is 5.32 Å². The van der Waals surface area contributed by atoms with Crippen LogP contribution in [-0.4, -0.2) is 10.8 Å². The molecule has 2 aromatic rings. The number of nitrogens with one attached hydrogen (secondary N) is 1. The minimum Gasteiger partial charge on any atom is -0.321 e. The Morgan fingerprint density at radius 3 is 2.57 bits per heavy atom. The number of nitro groups is 1. The van der Waals surface area contributed by atoms with Crippen LogP contribution in [0.3, 0.4) is 0 Å². The van der Waals surface area contributed by atoms with E-state index in [2.05, 4.69) is 21.2 Å². The van der Waals surface area contributed by atoms with Crippen LogP contribution in [0.5, 0.6) is 0 Å². The van der Waals surface area contributed by atoms with Crippen LogP contribution in [0.25, 0.3) is 0 Å². The van der Waals surface area contributed by atoms with Gasteiger partial charge in [-0.1, -0.05) is 29.3 Å². The standard InChI is InChI=1S/C13H7BrCl2N2O3/c14-8-6-7(15)4-5-10(8)17-13(19)12-9(16)2-1-3-11(12)18(20)21/h1-6H,(H,17,19). The Balaban J connectivity index is 2.39. The van der Waals surface area contributed by atoms with Crippen molar-refractivity contribution in [2.45, 2.75) is 0 Å². The fraction of sp³-hybridized carbons (Fsp3) is 0. The van der Waals surface area contributed by atoms with Gasteiger partial charge in [-0.3, -0.25) is 14.9 Å². The molecule has 0 spiro atoms. The molecule has 0 unspecified atom stereocenters. The molecule has 5 nitrogen and oxygen atoms in total. The lowest BCUT2D eigenvalue weighted by Crippen LogP contribution is -2.15. The van der Waals surface area contributed by atoms with Crippen LogP contribution in [0.2, 0.25) is 10.0 Å². The Kier molecular flexibility index (Phi) is 4.82. The van der Waals surface area contributed by atoms with Crippen molar-refractivity contribution in [3.05, 3.63) is 66.6 Å². The molecule has 108 valence electrons. The number of halogens is 3. The topological polar surface area (TPSA) is 72.2 Å². The highest BCUT2D eigenvalue weighted by Gasteiger charge is 2.23. The summed E-state index contributed by atoms with van der Waals surface area (Å²) in [5.41, 5.74) is -0.116. The fourth-order valence-corrected chi connectivity index (χ4v) is 2.70. The second kappa shape index (κ2) is 6.43. The maximum absolute atomic E-state index is 12.2. The van der Waals surface area contributed by atoms with E-state index in [0.29, 0.717) is 15.2 Å². The summed E-state index contributed by atoms with van der Waals surface area (Å²) >= 11 is 15.0. The molecule has 0 aliphatic carbocycles. The van der Waals surface area contributed by atoms with Crippen LogP contribution in [0.15, 0.2) is 40.9 Å². The van der Waals surface area contributed by atoms with Gasteiger partial charge in [0.15, 0.2) is 0 Å². The van der Waals surface area contributed by atoms with Crippen molar-refractivity contribution in [3.8, 4) is 0 Å². The van der Waals surface area contributed by atoms with Crippen LogP contribution >= 0.6 is 39.1 Å². The molecule has 1 N–H and O–H groups in total. The smallest absolute Gasteiger partial charge is 0.283 e. The molecule has 2 aromatic carbocycles. The highest BCUT2D eigenvalue weighted by molar-refractivity contribution is 9.10. The van der Waals surface area contributed by atoms with E-state index in [0.717, 1.165) is 0 Å². The predicted octanol–water partition coefficient (Wildman–Crippen LogP) is 4.92. The van der Waals surface area contributed by atoms with Crippen LogP contribution in [0, 0.1) is 10.1 Å². The molecule has 0 bridgehead atoms. The zero-order valence-electron chi connectivity index (χ0n) is 10.3. The van der Waals surface area contributed by atoms with Gasteiger partial charge in [0.05, 0.1) is 15.6 Å². The maximum Gasteiger partial charge on any atom is 0.283 e. The van der Waals surface area contributed by atoms with Crippen LogP contribution < -0.4 is 5.32 Å². The first-order chi connectivity index (χ1) is 9.90. The van der Waals surface area contributed by atoms with E-state index in [9.17, 15) is 14.9 Å². The summed E-state index contributed by atoms with van der Waals surface area (Å²) in [5.74, 6) is -0.671. The van der Waals surface area contributed by atoms with Crippen molar-refractivity contribution in [1.82, 2.24) is 0 Å². The Bertz CT molecular complexity index is 737. The van der Waals surface area contributed by atoms with Gasteiger partial charge in [-0.05, 0) is 40.2 Å². The third-order valence-electron chi connectivity index (χ3n) is 2.59. The summed E-state index contributed by atoms with van der Waals surface area (Å²) in [6.07, 6.45) is 0. The molecule has 0 heterocycles. The second-order valence-electron chi connectivity index (χ2n) is 3.97. The first-order valence-corrected chi connectivity index (χ1v) is 7.14.